The lowest BCUT2D eigenvalue weighted by molar-refractivity contribution is 0.102. The highest BCUT2D eigenvalue weighted by Crippen LogP contribution is 2.29. The highest BCUT2D eigenvalue weighted by molar-refractivity contribution is 6.06. The van der Waals surface area contributed by atoms with E-state index in [9.17, 15) is 9.18 Å². The summed E-state index contributed by atoms with van der Waals surface area (Å²) >= 11 is 0. The zero-order chi connectivity index (χ0) is 22.5. The Hall–Kier alpha value is -4.21. The first kappa shape index (κ1) is 21.0. The zero-order valence-corrected chi connectivity index (χ0v) is 17.2. The minimum absolute atomic E-state index is 0.127. The first-order valence-corrected chi connectivity index (χ1v) is 10.0. The maximum atomic E-state index is 14.8. The Labute approximate surface area is 183 Å². The van der Waals surface area contributed by atoms with Gasteiger partial charge in [-0.25, -0.2) is 9.37 Å². The van der Waals surface area contributed by atoms with Crippen LogP contribution in [0.4, 0.5) is 10.2 Å². The molecule has 0 unspecified atom stereocenters. The largest absolute Gasteiger partial charge is 0.493 e. The van der Waals surface area contributed by atoms with Crippen LogP contribution in [-0.4, -0.2) is 32.3 Å². The van der Waals surface area contributed by atoms with Gasteiger partial charge >= 0.3 is 0 Å². The Bertz CT molecular complexity index is 1200. The Morgan fingerprint density at radius 1 is 1.25 bits per heavy atom. The molecule has 0 radical (unpaired) electrons. The van der Waals surface area contributed by atoms with E-state index in [1.165, 1.54) is 30.6 Å². The van der Waals surface area contributed by atoms with Gasteiger partial charge in [-0.05, 0) is 43.3 Å². The number of amides is 1. The van der Waals surface area contributed by atoms with Crippen molar-refractivity contribution in [3.63, 3.8) is 0 Å². The maximum Gasteiger partial charge on any atom is 0.260 e. The number of carbonyl (C=O) groups excluding carboxylic acids is 1. The molecular weight excluding hydrogens is 413 g/mol. The molecule has 1 aliphatic rings. The number of nitrogens with zero attached hydrogens (tertiary/aromatic N) is 4. The zero-order valence-electron chi connectivity index (χ0n) is 17.2. The Balaban J connectivity index is 1.77. The minimum Gasteiger partial charge on any atom is -0.493 e. The third kappa shape index (κ3) is 4.29. The van der Waals surface area contributed by atoms with Crippen molar-refractivity contribution in [1.29, 1.82) is 0 Å². The summed E-state index contributed by atoms with van der Waals surface area (Å²) in [4.78, 5) is 17.6. The number of fused-ring (bicyclic) bond motifs is 5. The molecule has 32 heavy (non-hydrogen) atoms. The standard InChI is InChI=1S/C22H22FN7O2/c23-17-11-19-16(10-15(17)14(12-25)6-7-24)22(31)28-20-5-3-4-18(27-20)21-29-26-13-30(21)8-1-2-9-32-19/h3-7,10-13H,1-2,8-9,24-25H2,(H,27,28,31)/b7-6-,14-12+. The van der Waals surface area contributed by atoms with E-state index in [0.717, 1.165) is 6.42 Å². The fourth-order valence-corrected chi connectivity index (χ4v) is 3.41. The van der Waals surface area contributed by atoms with Gasteiger partial charge in [-0.3, -0.25) is 4.79 Å². The van der Waals surface area contributed by atoms with Gasteiger partial charge in [-0.15, -0.1) is 10.2 Å². The molecule has 4 rings (SSSR count). The molecule has 5 N–H and O–H groups in total. The lowest BCUT2D eigenvalue weighted by Gasteiger charge is -2.16. The van der Waals surface area contributed by atoms with Crippen LogP contribution in [0.2, 0.25) is 0 Å². The van der Waals surface area contributed by atoms with Crippen LogP contribution in [0, 0.1) is 5.82 Å². The SMILES string of the molecule is N/C=C\C(=C/N)c1cc2c(cc1F)OCCCCn1cnnc1-c1cccc(n1)NC2=O. The summed E-state index contributed by atoms with van der Waals surface area (Å²) < 4.78 is 22.5. The number of ether oxygens (including phenoxy) is 1. The van der Waals surface area contributed by atoms with Crippen molar-refractivity contribution in [2.24, 2.45) is 11.5 Å². The third-order valence-electron chi connectivity index (χ3n) is 4.97. The van der Waals surface area contributed by atoms with Crippen LogP contribution < -0.4 is 21.5 Å². The van der Waals surface area contributed by atoms with Crippen LogP contribution in [-0.2, 0) is 6.54 Å². The van der Waals surface area contributed by atoms with Gasteiger partial charge in [0.1, 0.15) is 29.4 Å². The van der Waals surface area contributed by atoms with Crippen molar-refractivity contribution in [2.75, 3.05) is 11.9 Å². The molecule has 1 aliphatic heterocycles. The van der Waals surface area contributed by atoms with Crippen molar-refractivity contribution in [3.8, 4) is 17.3 Å². The summed E-state index contributed by atoms with van der Waals surface area (Å²) in [6.07, 6.45) is 7.01. The van der Waals surface area contributed by atoms with Gasteiger partial charge in [0.25, 0.3) is 5.91 Å². The third-order valence-corrected chi connectivity index (χ3v) is 4.97. The second kappa shape index (κ2) is 9.29. The summed E-state index contributed by atoms with van der Waals surface area (Å²) in [6, 6.07) is 7.79. The normalized spacial score (nSPS) is 14.8. The molecule has 3 heterocycles. The number of anilines is 1. The predicted octanol–water partition coefficient (Wildman–Crippen LogP) is 2.68. The number of halogens is 1. The summed E-state index contributed by atoms with van der Waals surface area (Å²) in [6.45, 7) is 0.975. The van der Waals surface area contributed by atoms with Gasteiger partial charge in [-0.2, -0.15) is 0 Å². The van der Waals surface area contributed by atoms with E-state index in [4.69, 9.17) is 16.2 Å². The van der Waals surface area contributed by atoms with Crippen LogP contribution in [0.5, 0.6) is 5.75 Å². The Morgan fingerprint density at radius 3 is 2.94 bits per heavy atom. The topological polar surface area (TPSA) is 134 Å². The maximum absolute atomic E-state index is 14.8. The van der Waals surface area contributed by atoms with Gasteiger partial charge in [0.2, 0.25) is 0 Å². The summed E-state index contributed by atoms with van der Waals surface area (Å²) in [7, 11) is 0. The van der Waals surface area contributed by atoms with Crippen LogP contribution in [0.1, 0.15) is 28.8 Å². The van der Waals surface area contributed by atoms with E-state index in [1.807, 2.05) is 4.57 Å². The molecule has 3 aromatic rings. The fraction of sp³-hybridized carbons (Fsp3) is 0.182. The van der Waals surface area contributed by atoms with E-state index < -0.39 is 11.7 Å². The van der Waals surface area contributed by atoms with Crippen molar-refractivity contribution in [1.82, 2.24) is 19.7 Å². The van der Waals surface area contributed by atoms with Gasteiger partial charge in [0, 0.05) is 29.9 Å². The molecule has 9 nitrogen and oxygen atoms in total. The molecule has 1 aromatic carbocycles. The Kier molecular flexibility index (Phi) is 6.11. The van der Waals surface area contributed by atoms with E-state index in [1.54, 1.807) is 24.5 Å². The molecule has 0 spiro atoms. The average molecular weight is 435 g/mol. The number of aryl methyl sites for hydroxylation is 1. The number of pyridine rings is 1. The minimum atomic E-state index is -0.582. The number of rotatable bonds is 2. The smallest absolute Gasteiger partial charge is 0.260 e. The number of benzene rings is 1. The molecule has 0 fully saturated rings. The second-order valence-electron chi connectivity index (χ2n) is 7.08. The van der Waals surface area contributed by atoms with Gasteiger partial charge in [-0.1, -0.05) is 6.07 Å². The molecule has 10 heteroatoms. The molecule has 0 atom stereocenters. The lowest BCUT2D eigenvalue weighted by Crippen LogP contribution is -2.16. The van der Waals surface area contributed by atoms with Crippen LogP contribution in [0.15, 0.2) is 55.1 Å². The Morgan fingerprint density at radius 2 is 2.12 bits per heavy atom. The van der Waals surface area contributed by atoms with E-state index in [-0.39, 0.29) is 16.9 Å². The highest BCUT2D eigenvalue weighted by Gasteiger charge is 2.20. The number of aromatic nitrogens is 4. The van der Waals surface area contributed by atoms with Crippen molar-refractivity contribution in [3.05, 3.63) is 72.1 Å². The molecule has 2 aromatic heterocycles. The number of nitrogens with two attached hydrogens (primary N) is 2. The lowest BCUT2D eigenvalue weighted by atomic mass is 10.0. The quantitative estimate of drug-likeness (QED) is 0.527. The van der Waals surface area contributed by atoms with Crippen molar-refractivity contribution in [2.45, 2.75) is 19.4 Å². The molecule has 1 amide bonds. The second-order valence-corrected chi connectivity index (χ2v) is 7.08. The predicted molar refractivity (Wildman–Crippen MR) is 118 cm³/mol. The first-order chi connectivity index (χ1) is 15.6. The van der Waals surface area contributed by atoms with Gasteiger partial charge in [0.05, 0.1) is 12.2 Å². The van der Waals surface area contributed by atoms with Gasteiger partial charge in [0.15, 0.2) is 5.82 Å². The van der Waals surface area contributed by atoms with E-state index >= 15 is 0 Å². The number of nitrogens with one attached hydrogen (secondary N) is 1. The molecule has 0 saturated heterocycles. The number of hydrogen-bond acceptors (Lipinski definition) is 7. The summed E-state index contributed by atoms with van der Waals surface area (Å²) in [5, 5.41) is 10.9. The van der Waals surface area contributed by atoms with Crippen molar-refractivity contribution < 1.29 is 13.9 Å². The first-order valence-electron chi connectivity index (χ1n) is 10.0. The monoisotopic (exact) mass is 435 g/mol. The molecule has 0 saturated carbocycles. The molecular formula is C22H22FN7O2. The van der Waals surface area contributed by atoms with Gasteiger partial charge < -0.3 is 26.1 Å². The van der Waals surface area contributed by atoms with Crippen molar-refractivity contribution >= 4 is 17.3 Å². The summed E-state index contributed by atoms with van der Waals surface area (Å²) in [5.41, 5.74) is 12.3. The van der Waals surface area contributed by atoms with Crippen LogP contribution in [0.25, 0.3) is 17.1 Å². The average Bonchev–Trinajstić information content (AvgIpc) is 3.26. The number of hydrogen-bond donors (Lipinski definition) is 3. The van der Waals surface area contributed by atoms with Crippen LogP contribution >= 0.6 is 0 Å². The van der Waals surface area contributed by atoms with Crippen LogP contribution in [0.3, 0.4) is 0 Å². The fourth-order valence-electron chi connectivity index (χ4n) is 3.41. The summed E-state index contributed by atoms with van der Waals surface area (Å²) in [5.74, 6) is -0.0307. The highest BCUT2D eigenvalue weighted by atomic mass is 19.1. The molecule has 2 bridgehead atoms. The number of carbonyl (C=O) groups is 1. The number of allylic oxidation sites excluding steroid dienone is 2. The molecule has 164 valence electrons. The van der Waals surface area contributed by atoms with E-state index in [0.29, 0.717) is 42.5 Å². The van der Waals surface area contributed by atoms with E-state index in [2.05, 4.69) is 20.5 Å². The molecule has 0 aliphatic carbocycles.